The van der Waals surface area contributed by atoms with E-state index in [9.17, 15) is 9.90 Å². The van der Waals surface area contributed by atoms with E-state index in [0.717, 1.165) is 5.56 Å². The number of hydrogen-bond acceptors (Lipinski definition) is 5. The van der Waals surface area contributed by atoms with Gasteiger partial charge in [-0.05, 0) is 61.9 Å². The molecular weight excluding hydrogens is 308 g/mol. The van der Waals surface area contributed by atoms with Gasteiger partial charge in [-0.25, -0.2) is 5.43 Å². The van der Waals surface area contributed by atoms with Gasteiger partial charge in [-0.1, -0.05) is 0 Å². The summed E-state index contributed by atoms with van der Waals surface area (Å²) in [7, 11) is 1.57. The van der Waals surface area contributed by atoms with Crippen molar-refractivity contribution in [1.29, 1.82) is 0 Å². The van der Waals surface area contributed by atoms with Gasteiger partial charge in [-0.15, -0.1) is 0 Å². The highest BCUT2D eigenvalue weighted by Gasteiger charge is 2.07. The lowest BCUT2D eigenvalue weighted by atomic mass is 10.2. The Morgan fingerprint density at radius 3 is 2.50 bits per heavy atom. The fraction of sp³-hybridized carbons (Fsp3) is 0.222. The Labute approximate surface area is 140 Å². The van der Waals surface area contributed by atoms with Gasteiger partial charge >= 0.3 is 0 Å². The van der Waals surface area contributed by atoms with Gasteiger partial charge in [0.2, 0.25) is 0 Å². The molecule has 126 valence electrons. The number of nitrogens with zero attached hydrogens (tertiary/aromatic N) is 1. The van der Waals surface area contributed by atoms with Gasteiger partial charge in [-0.3, -0.25) is 4.79 Å². The van der Waals surface area contributed by atoms with E-state index in [1.807, 2.05) is 19.9 Å². The third kappa shape index (κ3) is 4.74. The summed E-state index contributed by atoms with van der Waals surface area (Å²) < 4.78 is 10.9. The van der Waals surface area contributed by atoms with Crippen LogP contribution in [0.15, 0.2) is 47.6 Å². The average molecular weight is 328 g/mol. The summed E-state index contributed by atoms with van der Waals surface area (Å²) in [6, 6.07) is 11.3. The largest absolute Gasteiger partial charge is 0.508 e. The number of carbonyl (C=O) groups excluding carboxylic acids is 1. The number of amides is 1. The SMILES string of the molecule is COc1cc(/C=N\NC(=O)c2ccc(O)cc2)ccc1OC(C)C. The molecule has 0 aliphatic heterocycles. The van der Waals surface area contributed by atoms with E-state index in [0.29, 0.717) is 17.1 Å². The van der Waals surface area contributed by atoms with Crippen molar-refractivity contribution in [3.05, 3.63) is 53.6 Å². The average Bonchev–Trinajstić information content (AvgIpc) is 2.56. The molecule has 2 aromatic carbocycles. The van der Waals surface area contributed by atoms with Crippen LogP contribution in [0.1, 0.15) is 29.8 Å². The fourth-order valence-electron chi connectivity index (χ4n) is 1.96. The molecule has 0 heterocycles. The molecule has 0 saturated heterocycles. The zero-order valence-corrected chi connectivity index (χ0v) is 13.8. The third-order valence-corrected chi connectivity index (χ3v) is 3.06. The summed E-state index contributed by atoms with van der Waals surface area (Å²) in [6.07, 6.45) is 1.56. The van der Waals surface area contributed by atoms with Gasteiger partial charge in [0.05, 0.1) is 19.4 Å². The summed E-state index contributed by atoms with van der Waals surface area (Å²) in [5.74, 6) is 0.985. The Hall–Kier alpha value is -3.02. The third-order valence-electron chi connectivity index (χ3n) is 3.06. The van der Waals surface area contributed by atoms with Crippen molar-refractivity contribution < 1.29 is 19.4 Å². The minimum absolute atomic E-state index is 0.0445. The van der Waals surface area contributed by atoms with Crippen LogP contribution in [0.5, 0.6) is 17.2 Å². The summed E-state index contributed by atoms with van der Waals surface area (Å²) in [6.45, 7) is 3.88. The van der Waals surface area contributed by atoms with Gasteiger partial charge in [0.1, 0.15) is 5.75 Å². The first-order valence-electron chi connectivity index (χ1n) is 7.46. The number of ether oxygens (including phenoxy) is 2. The first-order valence-corrected chi connectivity index (χ1v) is 7.46. The van der Waals surface area contributed by atoms with E-state index in [4.69, 9.17) is 9.47 Å². The predicted octanol–water partition coefficient (Wildman–Crippen LogP) is 2.95. The van der Waals surface area contributed by atoms with E-state index in [1.54, 1.807) is 19.2 Å². The lowest BCUT2D eigenvalue weighted by molar-refractivity contribution is 0.0955. The molecule has 0 unspecified atom stereocenters. The number of hydrogen-bond donors (Lipinski definition) is 2. The number of aromatic hydroxyl groups is 1. The quantitative estimate of drug-likeness (QED) is 0.631. The molecule has 0 aromatic heterocycles. The Kier molecular flexibility index (Phi) is 5.78. The minimum atomic E-state index is -0.363. The van der Waals surface area contributed by atoms with Crippen molar-refractivity contribution in [2.24, 2.45) is 5.10 Å². The van der Waals surface area contributed by atoms with Crippen LogP contribution in [-0.2, 0) is 0 Å². The highest BCUT2D eigenvalue weighted by atomic mass is 16.5. The molecule has 2 N–H and O–H groups in total. The molecule has 2 aromatic rings. The molecular formula is C18H20N2O4. The Balaban J connectivity index is 2.03. The molecule has 0 aliphatic carbocycles. The minimum Gasteiger partial charge on any atom is -0.508 e. The Morgan fingerprint density at radius 1 is 1.17 bits per heavy atom. The predicted molar refractivity (Wildman–Crippen MR) is 91.9 cm³/mol. The Morgan fingerprint density at radius 2 is 1.88 bits per heavy atom. The van der Waals surface area contributed by atoms with Crippen LogP contribution in [0.2, 0.25) is 0 Å². The first kappa shape index (κ1) is 17.3. The van der Waals surface area contributed by atoms with Gasteiger partial charge < -0.3 is 14.6 Å². The highest BCUT2D eigenvalue weighted by molar-refractivity contribution is 5.95. The van der Waals surface area contributed by atoms with Gasteiger partial charge in [0.25, 0.3) is 5.91 Å². The lowest BCUT2D eigenvalue weighted by Crippen LogP contribution is -2.17. The van der Waals surface area contributed by atoms with Crippen LogP contribution in [0, 0.1) is 0 Å². The molecule has 0 radical (unpaired) electrons. The van der Waals surface area contributed by atoms with Gasteiger partial charge in [-0.2, -0.15) is 5.10 Å². The second kappa shape index (κ2) is 8.01. The maximum absolute atomic E-state index is 11.9. The maximum Gasteiger partial charge on any atom is 0.271 e. The number of hydrazone groups is 1. The second-order valence-corrected chi connectivity index (χ2v) is 5.32. The molecule has 24 heavy (non-hydrogen) atoms. The zero-order valence-electron chi connectivity index (χ0n) is 13.8. The number of phenolic OH excluding ortho intramolecular Hbond substituents is 1. The number of rotatable bonds is 6. The maximum atomic E-state index is 11.9. The highest BCUT2D eigenvalue weighted by Crippen LogP contribution is 2.28. The van der Waals surface area contributed by atoms with Crippen molar-refractivity contribution in [3.63, 3.8) is 0 Å². The molecule has 0 spiro atoms. The molecule has 0 aliphatic rings. The van der Waals surface area contributed by atoms with Gasteiger partial charge in [0.15, 0.2) is 11.5 Å². The molecule has 1 amide bonds. The number of phenols is 1. The Bertz CT molecular complexity index is 724. The van der Waals surface area contributed by atoms with Crippen LogP contribution in [-0.4, -0.2) is 30.4 Å². The van der Waals surface area contributed by atoms with E-state index in [-0.39, 0.29) is 17.8 Å². The van der Waals surface area contributed by atoms with E-state index in [2.05, 4.69) is 10.5 Å². The van der Waals surface area contributed by atoms with E-state index in [1.165, 1.54) is 30.5 Å². The molecule has 0 fully saturated rings. The van der Waals surface area contributed by atoms with E-state index < -0.39 is 0 Å². The van der Waals surface area contributed by atoms with Gasteiger partial charge in [0, 0.05) is 5.56 Å². The van der Waals surface area contributed by atoms with Crippen molar-refractivity contribution in [1.82, 2.24) is 5.43 Å². The second-order valence-electron chi connectivity index (χ2n) is 5.32. The van der Waals surface area contributed by atoms with Crippen molar-refractivity contribution in [2.45, 2.75) is 20.0 Å². The normalized spacial score (nSPS) is 10.8. The standard InChI is InChI=1S/C18H20N2O4/c1-12(2)24-16-9-4-13(10-17(16)23-3)11-19-20-18(22)14-5-7-15(21)8-6-14/h4-12,21H,1-3H3,(H,20,22)/b19-11-. The van der Waals surface area contributed by atoms with Crippen LogP contribution in [0.4, 0.5) is 0 Å². The van der Waals surface area contributed by atoms with Crippen molar-refractivity contribution in [3.8, 4) is 17.2 Å². The van der Waals surface area contributed by atoms with Crippen LogP contribution < -0.4 is 14.9 Å². The summed E-state index contributed by atoms with van der Waals surface area (Å²) in [4.78, 5) is 11.9. The summed E-state index contributed by atoms with van der Waals surface area (Å²) >= 11 is 0. The molecule has 0 bridgehead atoms. The number of carbonyl (C=O) groups is 1. The van der Waals surface area contributed by atoms with Crippen molar-refractivity contribution in [2.75, 3.05) is 7.11 Å². The van der Waals surface area contributed by atoms with Crippen LogP contribution >= 0.6 is 0 Å². The topological polar surface area (TPSA) is 80.2 Å². The molecule has 6 heteroatoms. The smallest absolute Gasteiger partial charge is 0.271 e. The summed E-state index contributed by atoms with van der Waals surface area (Å²) in [5.41, 5.74) is 3.59. The van der Waals surface area contributed by atoms with Crippen LogP contribution in [0.3, 0.4) is 0 Å². The molecule has 0 saturated carbocycles. The monoisotopic (exact) mass is 328 g/mol. The molecule has 2 rings (SSSR count). The zero-order chi connectivity index (χ0) is 17.5. The fourth-order valence-corrected chi connectivity index (χ4v) is 1.96. The number of methoxy groups -OCH3 is 1. The summed E-state index contributed by atoms with van der Waals surface area (Å²) in [5, 5.41) is 13.1. The number of benzene rings is 2. The number of nitrogens with one attached hydrogen (secondary N) is 1. The van der Waals surface area contributed by atoms with Crippen molar-refractivity contribution >= 4 is 12.1 Å². The van der Waals surface area contributed by atoms with E-state index >= 15 is 0 Å². The molecule has 0 atom stereocenters. The molecule has 6 nitrogen and oxygen atoms in total. The van der Waals surface area contributed by atoms with Crippen LogP contribution in [0.25, 0.3) is 0 Å². The lowest BCUT2D eigenvalue weighted by Gasteiger charge is -2.13. The first-order chi connectivity index (χ1) is 11.5.